The first-order chi connectivity index (χ1) is 3.55. The Morgan fingerprint density at radius 2 is 1.30 bits per heavy atom. The molecule has 0 nitrogen and oxygen atoms in total. The first-order valence-corrected chi connectivity index (χ1v) is 3.35. The maximum Gasteiger partial charge on any atom is 2.00 e. The van der Waals surface area contributed by atoms with Gasteiger partial charge in [0.15, 0.2) is 0 Å². The number of hydrogen-bond acceptors (Lipinski definition) is 0. The standard InChI is InChI=1S/C8H17.BrH.Mg/c1-6(2)8(5)7(3)4;;/h6,8H,1-5H3;1H;/q-1;;+2/p-1. The molecule has 0 spiro atoms. The molecule has 0 N–H and O–H groups in total. The van der Waals surface area contributed by atoms with Crippen molar-refractivity contribution in [1.29, 1.82) is 0 Å². The van der Waals surface area contributed by atoms with E-state index < -0.39 is 0 Å². The fourth-order valence-corrected chi connectivity index (χ4v) is 0.667. The third-order valence-electron chi connectivity index (χ3n) is 1.91. The number of rotatable bonds is 2. The van der Waals surface area contributed by atoms with Crippen LogP contribution in [0.5, 0.6) is 0 Å². The molecule has 1 atom stereocenters. The number of hydrogen-bond donors (Lipinski definition) is 0. The summed E-state index contributed by atoms with van der Waals surface area (Å²) >= 11 is 0. The van der Waals surface area contributed by atoms with E-state index in [1.54, 1.807) is 5.92 Å². The van der Waals surface area contributed by atoms with Crippen LogP contribution in [0.3, 0.4) is 0 Å². The smallest absolute Gasteiger partial charge is 1.00 e. The van der Waals surface area contributed by atoms with Gasteiger partial charge >= 0.3 is 23.1 Å². The average molecular weight is 217 g/mol. The second-order valence-electron chi connectivity index (χ2n) is 3.11. The Kier molecular flexibility index (Phi) is 14.5. The second-order valence-corrected chi connectivity index (χ2v) is 3.11. The average Bonchev–Trinajstić information content (AvgIpc) is 1.64. The van der Waals surface area contributed by atoms with Crippen molar-refractivity contribution < 1.29 is 17.0 Å². The zero-order chi connectivity index (χ0) is 6.73. The van der Waals surface area contributed by atoms with Crippen LogP contribution in [0.25, 0.3) is 0 Å². The van der Waals surface area contributed by atoms with Gasteiger partial charge < -0.3 is 22.9 Å². The summed E-state index contributed by atoms with van der Waals surface area (Å²) in [6, 6.07) is 0. The Hall–Kier alpha value is 1.25. The summed E-state index contributed by atoms with van der Waals surface area (Å²) in [5.74, 6) is 3.13. The molecule has 0 aliphatic rings. The van der Waals surface area contributed by atoms with Gasteiger partial charge in [0, 0.05) is 0 Å². The first kappa shape index (κ1) is 17.4. The van der Waals surface area contributed by atoms with Crippen molar-refractivity contribution in [2.45, 2.75) is 34.6 Å². The third kappa shape index (κ3) is 7.35. The fraction of sp³-hybridized carbons (Fsp3) is 0.875. The Morgan fingerprint density at radius 3 is 1.30 bits per heavy atom. The Balaban J connectivity index is -0.000000245. The van der Waals surface area contributed by atoms with E-state index in [-0.39, 0.29) is 40.0 Å². The predicted molar refractivity (Wildman–Crippen MR) is 44.3 cm³/mol. The van der Waals surface area contributed by atoms with E-state index in [4.69, 9.17) is 0 Å². The van der Waals surface area contributed by atoms with Crippen LogP contribution in [0, 0.1) is 17.8 Å². The molecule has 0 heterocycles. The van der Waals surface area contributed by atoms with Crippen molar-refractivity contribution in [3.63, 3.8) is 0 Å². The van der Waals surface area contributed by atoms with Gasteiger partial charge in [-0.3, -0.25) is 0 Å². The zero-order valence-corrected chi connectivity index (χ0v) is 10.7. The van der Waals surface area contributed by atoms with Crippen LogP contribution in [0.2, 0.25) is 0 Å². The molecular weight excluding hydrogens is 200 g/mol. The van der Waals surface area contributed by atoms with Crippen LogP contribution in [-0.2, 0) is 0 Å². The van der Waals surface area contributed by atoms with E-state index in [9.17, 15) is 0 Å². The van der Waals surface area contributed by atoms with Crippen molar-refractivity contribution in [1.82, 2.24) is 0 Å². The van der Waals surface area contributed by atoms with Gasteiger partial charge in [-0.05, 0) is 0 Å². The topological polar surface area (TPSA) is 0 Å². The Labute approximate surface area is 92.1 Å². The molecule has 58 valence electrons. The van der Waals surface area contributed by atoms with E-state index in [0.29, 0.717) is 0 Å². The van der Waals surface area contributed by atoms with Crippen LogP contribution >= 0.6 is 0 Å². The molecule has 0 radical (unpaired) electrons. The van der Waals surface area contributed by atoms with Gasteiger partial charge in [-0.25, -0.2) is 0 Å². The molecule has 0 bridgehead atoms. The second kappa shape index (κ2) is 8.34. The van der Waals surface area contributed by atoms with Crippen LogP contribution in [-0.4, -0.2) is 23.1 Å². The molecule has 0 aromatic carbocycles. The van der Waals surface area contributed by atoms with Gasteiger partial charge in [-0.15, -0.1) is 0 Å². The largest absolute Gasteiger partial charge is 2.00 e. The third-order valence-corrected chi connectivity index (χ3v) is 1.91. The van der Waals surface area contributed by atoms with Crippen LogP contribution in [0.15, 0.2) is 0 Å². The van der Waals surface area contributed by atoms with Crippen LogP contribution in [0.1, 0.15) is 34.6 Å². The Morgan fingerprint density at radius 1 is 1.00 bits per heavy atom. The maximum atomic E-state index is 2.28. The summed E-state index contributed by atoms with van der Waals surface area (Å²) < 4.78 is 0. The van der Waals surface area contributed by atoms with E-state index in [0.717, 1.165) is 11.8 Å². The van der Waals surface area contributed by atoms with E-state index in [2.05, 4.69) is 34.6 Å². The Bertz CT molecular complexity index is 54.3. The van der Waals surface area contributed by atoms with Crippen LogP contribution in [0.4, 0.5) is 0 Å². The molecule has 0 saturated carbocycles. The molecule has 0 aliphatic carbocycles. The van der Waals surface area contributed by atoms with Crippen molar-refractivity contribution in [2.24, 2.45) is 11.8 Å². The molecule has 10 heavy (non-hydrogen) atoms. The van der Waals surface area contributed by atoms with Crippen molar-refractivity contribution in [3.8, 4) is 0 Å². The molecule has 1 unspecified atom stereocenters. The van der Waals surface area contributed by atoms with Gasteiger partial charge in [-0.1, -0.05) is 26.7 Å². The van der Waals surface area contributed by atoms with E-state index in [1.807, 2.05) is 0 Å². The van der Waals surface area contributed by atoms with Gasteiger partial charge in [0.2, 0.25) is 0 Å². The van der Waals surface area contributed by atoms with Gasteiger partial charge in [0.05, 0.1) is 0 Å². The summed E-state index contributed by atoms with van der Waals surface area (Å²) in [5.41, 5.74) is 0. The summed E-state index contributed by atoms with van der Waals surface area (Å²) in [6.45, 7) is 11.2. The van der Waals surface area contributed by atoms with Crippen molar-refractivity contribution >= 4 is 23.1 Å². The molecule has 0 rings (SSSR count). The van der Waals surface area contributed by atoms with Crippen molar-refractivity contribution in [2.75, 3.05) is 0 Å². The predicted octanol–water partition coefficient (Wildman–Crippen LogP) is -0.484. The van der Waals surface area contributed by atoms with Gasteiger partial charge in [0.1, 0.15) is 0 Å². The molecule has 0 aliphatic heterocycles. The van der Waals surface area contributed by atoms with E-state index in [1.165, 1.54) is 0 Å². The summed E-state index contributed by atoms with van der Waals surface area (Å²) in [6.07, 6.45) is 0. The minimum Gasteiger partial charge on any atom is -1.00 e. The van der Waals surface area contributed by atoms with Crippen LogP contribution < -0.4 is 17.0 Å². The molecule has 0 aromatic heterocycles. The van der Waals surface area contributed by atoms with Gasteiger partial charge in [0.25, 0.3) is 0 Å². The SMILES string of the molecule is C[C-](C)C(C)C(C)C.[Br-].[Mg+2]. The minimum atomic E-state index is 0. The van der Waals surface area contributed by atoms with Crippen molar-refractivity contribution in [3.05, 3.63) is 5.92 Å². The summed E-state index contributed by atoms with van der Waals surface area (Å²) in [7, 11) is 0. The molecule has 2 heteroatoms. The first-order valence-electron chi connectivity index (χ1n) is 3.35. The zero-order valence-electron chi connectivity index (χ0n) is 7.74. The summed E-state index contributed by atoms with van der Waals surface area (Å²) in [4.78, 5) is 0. The quantitative estimate of drug-likeness (QED) is 0.433. The van der Waals surface area contributed by atoms with E-state index >= 15 is 0 Å². The molecule has 0 saturated heterocycles. The van der Waals surface area contributed by atoms with Gasteiger partial charge in [-0.2, -0.15) is 19.8 Å². The monoisotopic (exact) mass is 216 g/mol. The summed E-state index contributed by atoms with van der Waals surface area (Å²) in [5, 5.41) is 0. The molecule has 0 aromatic rings. The minimum absolute atomic E-state index is 0. The maximum absolute atomic E-state index is 2.28. The molecule has 0 fully saturated rings. The number of halogens is 1. The molecule has 0 amide bonds. The normalized spacial score (nSPS) is 12.3. The fourth-order valence-electron chi connectivity index (χ4n) is 0.667. The molecular formula is C8H17BrMg.